The number of nitrogens with one attached hydrogen (secondary N) is 1. The van der Waals surface area contributed by atoms with Crippen molar-refractivity contribution in [1.29, 1.82) is 0 Å². The van der Waals surface area contributed by atoms with Crippen molar-refractivity contribution < 1.29 is 19.1 Å². The van der Waals surface area contributed by atoms with E-state index in [0.29, 0.717) is 22.2 Å². The zero-order valence-electron chi connectivity index (χ0n) is 17.0. The highest BCUT2D eigenvalue weighted by Crippen LogP contribution is 2.30. The van der Waals surface area contributed by atoms with Gasteiger partial charge in [0.05, 0.1) is 18.7 Å². The van der Waals surface area contributed by atoms with Gasteiger partial charge < -0.3 is 19.9 Å². The van der Waals surface area contributed by atoms with Crippen LogP contribution in [-0.4, -0.2) is 49.5 Å². The molecule has 1 aromatic carbocycles. The summed E-state index contributed by atoms with van der Waals surface area (Å²) in [5, 5.41) is 3.07. The van der Waals surface area contributed by atoms with Crippen molar-refractivity contribution in [3.8, 4) is 0 Å². The van der Waals surface area contributed by atoms with Gasteiger partial charge in [-0.2, -0.15) is 0 Å². The molecule has 2 amide bonds. The number of methoxy groups -OCH3 is 1. The topological polar surface area (TPSA) is 91.8 Å². The maximum Gasteiger partial charge on any atom is 0.350 e. The predicted octanol–water partition coefficient (Wildman–Crippen LogP) is 2.83. The van der Waals surface area contributed by atoms with E-state index in [9.17, 15) is 14.4 Å². The van der Waals surface area contributed by atoms with E-state index in [1.807, 2.05) is 24.3 Å². The summed E-state index contributed by atoms with van der Waals surface area (Å²) in [4.78, 5) is 45.5. The summed E-state index contributed by atoms with van der Waals surface area (Å²) in [6.07, 6.45) is 2.57. The second kappa shape index (κ2) is 8.43. The number of carbonyl (C=O) groups is 3. The Kier molecular flexibility index (Phi) is 5.72. The van der Waals surface area contributed by atoms with Gasteiger partial charge in [0.15, 0.2) is 5.13 Å². The smallest absolute Gasteiger partial charge is 0.350 e. The highest BCUT2D eigenvalue weighted by Gasteiger charge is 2.35. The van der Waals surface area contributed by atoms with Crippen LogP contribution in [0, 0.1) is 12.8 Å². The van der Waals surface area contributed by atoms with E-state index in [1.165, 1.54) is 20.0 Å². The molecule has 1 unspecified atom stereocenters. The molecule has 0 bridgehead atoms. The number of hydrogen-bond donors (Lipinski definition) is 1. The lowest BCUT2D eigenvalue weighted by Crippen LogP contribution is -2.28. The number of amides is 2. The highest BCUT2D eigenvalue weighted by atomic mass is 32.1. The van der Waals surface area contributed by atoms with Crippen LogP contribution >= 0.6 is 11.3 Å². The monoisotopic (exact) mass is 428 g/mol. The average molecular weight is 429 g/mol. The van der Waals surface area contributed by atoms with Gasteiger partial charge in [-0.1, -0.05) is 11.3 Å². The van der Waals surface area contributed by atoms with E-state index in [0.717, 1.165) is 35.8 Å². The number of aryl methyl sites for hydroxylation is 1. The first-order valence-electron chi connectivity index (χ1n) is 9.98. The largest absolute Gasteiger partial charge is 0.465 e. The van der Waals surface area contributed by atoms with Crippen LogP contribution in [0.5, 0.6) is 0 Å². The van der Waals surface area contributed by atoms with Crippen LogP contribution < -0.4 is 15.1 Å². The maximum atomic E-state index is 12.7. The minimum absolute atomic E-state index is 0.0744. The molecule has 0 radical (unpaired) electrons. The van der Waals surface area contributed by atoms with Gasteiger partial charge in [-0.15, -0.1) is 0 Å². The molecule has 1 atom stereocenters. The zero-order valence-corrected chi connectivity index (χ0v) is 17.8. The molecule has 2 fully saturated rings. The third-order valence-electron chi connectivity index (χ3n) is 5.53. The molecular formula is C21H24N4O4S. The fraction of sp³-hybridized carbons (Fsp3) is 0.429. The van der Waals surface area contributed by atoms with Crippen LogP contribution in [0.3, 0.4) is 0 Å². The molecular weight excluding hydrogens is 404 g/mol. The first-order chi connectivity index (χ1) is 14.5. The Morgan fingerprint density at radius 1 is 1.17 bits per heavy atom. The molecule has 158 valence electrons. The second-order valence-electron chi connectivity index (χ2n) is 7.53. The molecule has 2 aliphatic rings. The predicted molar refractivity (Wildman–Crippen MR) is 115 cm³/mol. The number of aromatic nitrogens is 1. The number of carbonyl (C=O) groups excluding carboxylic acids is 3. The van der Waals surface area contributed by atoms with Crippen molar-refractivity contribution in [2.45, 2.75) is 26.2 Å². The summed E-state index contributed by atoms with van der Waals surface area (Å²) in [7, 11) is 1.30. The molecule has 2 aromatic rings. The van der Waals surface area contributed by atoms with Crippen molar-refractivity contribution in [3.63, 3.8) is 0 Å². The third-order valence-corrected chi connectivity index (χ3v) is 6.58. The Balaban J connectivity index is 1.40. The number of nitrogens with zero attached hydrogens (tertiary/aromatic N) is 3. The molecule has 0 spiro atoms. The molecule has 0 aliphatic carbocycles. The van der Waals surface area contributed by atoms with Gasteiger partial charge in [0, 0.05) is 37.4 Å². The third kappa shape index (κ3) is 4.02. The Bertz CT molecular complexity index is 966. The molecule has 2 aliphatic heterocycles. The molecule has 1 aromatic heterocycles. The number of benzene rings is 1. The summed E-state index contributed by atoms with van der Waals surface area (Å²) in [6, 6.07) is 7.96. The van der Waals surface area contributed by atoms with E-state index in [-0.39, 0.29) is 18.2 Å². The zero-order chi connectivity index (χ0) is 21.3. The van der Waals surface area contributed by atoms with Crippen molar-refractivity contribution in [1.82, 2.24) is 4.98 Å². The van der Waals surface area contributed by atoms with Gasteiger partial charge in [-0.3, -0.25) is 9.59 Å². The average Bonchev–Trinajstić information content (AvgIpc) is 3.48. The summed E-state index contributed by atoms with van der Waals surface area (Å²) in [5.41, 5.74) is 2.47. The maximum absolute atomic E-state index is 12.7. The Labute approximate surface area is 178 Å². The quantitative estimate of drug-likeness (QED) is 0.737. The second-order valence-corrected chi connectivity index (χ2v) is 8.53. The summed E-state index contributed by atoms with van der Waals surface area (Å²) < 4.78 is 4.72. The lowest BCUT2D eigenvalue weighted by atomic mass is 10.1. The van der Waals surface area contributed by atoms with E-state index < -0.39 is 11.9 Å². The molecule has 8 nitrogen and oxygen atoms in total. The standard InChI is InChI=1S/C21H24N4O4S/c1-13-18(20(28)29-2)30-21(22-13)23-19(27)14-11-17(26)25(12-14)16-7-5-15(6-8-16)24-9-3-4-10-24/h5-8,14H,3-4,9-12H2,1-2H3,(H,22,23,27). The first kappa shape index (κ1) is 20.3. The number of anilines is 3. The van der Waals surface area contributed by atoms with Gasteiger partial charge in [0.1, 0.15) is 4.88 Å². The van der Waals surface area contributed by atoms with Gasteiger partial charge in [-0.25, -0.2) is 9.78 Å². The van der Waals surface area contributed by atoms with Crippen LogP contribution in [0.25, 0.3) is 0 Å². The van der Waals surface area contributed by atoms with Gasteiger partial charge >= 0.3 is 5.97 Å². The summed E-state index contributed by atoms with van der Waals surface area (Å²) in [6.45, 7) is 4.14. The first-order valence-corrected chi connectivity index (χ1v) is 10.8. The van der Waals surface area contributed by atoms with E-state index in [4.69, 9.17) is 4.74 Å². The van der Waals surface area contributed by atoms with Crippen LogP contribution in [0.4, 0.5) is 16.5 Å². The lowest BCUT2D eigenvalue weighted by Gasteiger charge is -2.20. The number of ether oxygens (including phenoxy) is 1. The van der Waals surface area contributed by atoms with Crippen LogP contribution in [-0.2, 0) is 14.3 Å². The van der Waals surface area contributed by atoms with Crippen LogP contribution in [0.2, 0.25) is 0 Å². The Morgan fingerprint density at radius 3 is 2.50 bits per heavy atom. The van der Waals surface area contributed by atoms with Crippen molar-refractivity contribution in [3.05, 3.63) is 34.8 Å². The highest BCUT2D eigenvalue weighted by molar-refractivity contribution is 7.17. The Morgan fingerprint density at radius 2 is 1.83 bits per heavy atom. The number of hydrogen-bond acceptors (Lipinski definition) is 7. The summed E-state index contributed by atoms with van der Waals surface area (Å²) >= 11 is 1.07. The number of thiazole rings is 1. The molecule has 9 heteroatoms. The lowest BCUT2D eigenvalue weighted by molar-refractivity contribution is -0.122. The Hall–Kier alpha value is -2.94. The number of rotatable bonds is 5. The molecule has 1 N–H and O–H groups in total. The van der Waals surface area contributed by atoms with Crippen LogP contribution in [0.15, 0.2) is 24.3 Å². The minimum Gasteiger partial charge on any atom is -0.465 e. The molecule has 2 saturated heterocycles. The molecule has 30 heavy (non-hydrogen) atoms. The molecule has 0 saturated carbocycles. The SMILES string of the molecule is COC(=O)c1sc(NC(=O)C2CC(=O)N(c3ccc(N4CCCC4)cc3)C2)nc1C. The van der Waals surface area contributed by atoms with E-state index >= 15 is 0 Å². The van der Waals surface area contributed by atoms with Crippen molar-refractivity contribution in [2.75, 3.05) is 41.9 Å². The normalized spacial score (nSPS) is 18.7. The number of esters is 1. The van der Waals surface area contributed by atoms with Gasteiger partial charge in [0.25, 0.3) is 0 Å². The van der Waals surface area contributed by atoms with Gasteiger partial charge in [-0.05, 0) is 44.0 Å². The molecule has 3 heterocycles. The molecule has 4 rings (SSSR count). The van der Waals surface area contributed by atoms with Crippen molar-refractivity contribution >= 4 is 45.6 Å². The van der Waals surface area contributed by atoms with Crippen LogP contribution in [0.1, 0.15) is 34.6 Å². The van der Waals surface area contributed by atoms with Gasteiger partial charge in [0.2, 0.25) is 11.8 Å². The summed E-state index contributed by atoms with van der Waals surface area (Å²) in [5.74, 6) is -1.30. The van der Waals surface area contributed by atoms with E-state index in [1.54, 1.807) is 11.8 Å². The van der Waals surface area contributed by atoms with Crippen molar-refractivity contribution in [2.24, 2.45) is 5.92 Å². The van der Waals surface area contributed by atoms with E-state index in [2.05, 4.69) is 15.2 Å². The fourth-order valence-corrected chi connectivity index (χ4v) is 4.78. The minimum atomic E-state index is -0.481. The fourth-order valence-electron chi connectivity index (χ4n) is 3.89.